The van der Waals surface area contributed by atoms with E-state index in [0.717, 1.165) is 12.8 Å². The maximum absolute atomic E-state index is 13.6. The fourth-order valence-electron chi connectivity index (χ4n) is 1.91. The number of nitrogens with one attached hydrogen (secondary N) is 2. The number of rotatable bonds is 5. The molecule has 0 aliphatic carbocycles. The van der Waals surface area contributed by atoms with Crippen LogP contribution in [0.15, 0.2) is 24.3 Å². The summed E-state index contributed by atoms with van der Waals surface area (Å²) >= 11 is 0. The van der Waals surface area contributed by atoms with E-state index in [2.05, 4.69) is 20.5 Å². The number of amides is 1. The third-order valence-electron chi connectivity index (χ3n) is 2.94. The highest BCUT2D eigenvalue weighted by Gasteiger charge is 2.17. The molecule has 106 valence electrons. The number of hydrogen-bond acceptors (Lipinski definition) is 3. The van der Waals surface area contributed by atoms with E-state index in [1.54, 1.807) is 25.1 Å². The van der Waals surface area contributed by atoms with E-state index in [4.69, 9.17) is 0 Å². The fourth-order valence-corrected chi connectivity index (χ4v) is 1.91. The molecule has 1 atom stereocenters. The second kappa shape index (κ2) is 6.27. The summed E-state index contributed by atoms with van der Waals surface area (Å²) in [6.45, 7) is 3.73. The summed E-state index contributed by atoms with van der Waals surface area (Å²) in [7, 11) is 0. The molecule has 0 fully saturated rings. The summed E-state index contributed by atoms with van der Waals surface area (Å²) in [4.78, 5) is 16.1. The van der Waals surface area contributed by atoms with Crippen LogP contribution in [-0.2, 0) is 6.42 Å². The van der Waals surface area contributed by atoms with Crippen molar-refractivity contribution in [2.75, 3.05) is 0 Å². The van der Waals surface area contributed by atoms with Crippen molar-refractivity contribution in [3.05, 3.63) is 47.3 Å². The lowest BCUT2D eigenvalue weighted by Crippen LogP contribution is -2.28. The summed E-state index contributed by atoms with van der Waals surface area (Å²) in [5.41, 5.74) is 0.435. The molecule has 6 heteroatoms. The Balaban J connectivity index is 2.05. The van der Waals surface area contributed by atoms with Crippen LogP contribution >= 0.6 is 0 Å². The Morgan fingerprint density at radius 1 is 1.45 bits per heavy atom. The van der Waals surface area contributed by atoms with Crippen molar-refractivity contribution < 1.29 is 9.18 Å². The monoisotopic (exact) mass is 276 g/mol. The Labute approximate surface area is 116 Å². The lowest BCUT2D eigenvalue weighted by Gasteiger charge is -2.13. The summed E-state index contributed by atoms with van der Waals surface area (Å²) < 4.78 is 13.6. The van der Waals surface area contributed by atoms with E-state index >= 15 is 0 Å². The molecule has 0 saturated heterocycles. The molecule has 0 aliphatic heterocycles. The van der Waals surface area contributed by atoms with Gasteiger partial charge in [0.1, 0.15) is 11.6 Å². The van der Waals surface area contributed by atoms with Gasteiger partial charge in [-0.2, -0.15) is 0 Å². The number of halogens is 1. The molecular formula is C14H17FN4O. The van der Waals surface area contributed by atoms with Gasteiger partial charge in [-0.05, 0) is 19.4 Å². The van der Waals surface area contributed by atoms with E-state index < -0.39 is 11.9 Å². The van der Waals surface area contributed by atoms with Crippen molar-refractivity contribution in [3.8, 4) is 0 Å². The Morgan fingerprint density at radius 3 is 2.90 bits per heavy atom. The van der Waals surface area contributed by atoms with E-state index in [1.165, 1.54) is 6.07 Å². The van der Waals surface area contributed by atoms with Crippen molar-refractivity contribution in [2.45, 2.75) is 32.7 Å². The molecule has 2 aromatic rings. The quantitative estimate of drug-likeness (QED) is 0.880. The fraction of sp³-hybridized carbons (Fsp3) is 0.357. The largest absolute Gasteiger partial charge is 0.343 e. The van der Waals surface area contributed by atoms with Crippen molar-refractivity contribution >= 4 is 5.91 Å². The van der Waals surface area contributed by atoms with Gasteiger partial charge in [-0.15, -0.1) is 5.10 Å². The van der Waals surface area contributed by atoms with Crippen LogP contribution in [0.25, 0.3) is 0 Å². The zero-order valence-electron chi connectivity index (χ0n) is 11.5. The average Bonchev–Trinajstić information content (AvgIpc) is 2.88. The summed E-state index contributed by atoms with van der Waals surface area (Å²) in [5, 5.41) is 9.26. The Morgan fingerprint density at radius 2 is 2.20 bits per heavy atom. The number of carbonyl (C=O) groups excluding carboxylic acids is 1. The third-order valence-corrected chi connectivity index (χ3v) is 2.94. The highest BCUT2D eigenvalue weighted by molar-refractivity contribution is 5.90. The molecule has 0 saturated carbocycles. The van der Waals surface area contributed by atoms with Crippen LogP contribution in [0.4, 0.5) is 4.39 Å². The number of aryl methyl sites for hydroxylation is 1. The predicted molar refractivity (Wildman–Crippen MR) is 72.7 cm³/mol. The molecule has 0 bridgehead atoms. The van der Waals surface area contributed by atoms with Gasteiger partial charge in [0.15, 0.2) is 0 Å². The zero-order valence-corrected chi connectivity index (χ0v) is 11.5. The SMILES string of the molecule is CCCc1nc(C(=O)NC(C)c2ccccc2F)n[nH]1. The average molecular weight is 276 g/mol. The number of nitrogens with zero attached hydrogens (tertiary/aromatic N) is 2. The van der Waals surface area contributed by atoms with Gasteiger partial charge < -0.3 is 5.32 Å². The normalized spacial score (nSPS) is 12.2. The first-order chi connectivity index (χ1) is 9.61. The van der Waals surface area contributed by atoms with Crippen LogP contribution in [0.2, 0.25) is 0 Å². The minimum Gasteiger partial charge on any atom is -0.343 e. The standard InChI is InChI=1S/C14H17FN4O/c1-3-6-12-17-13(19-18-12)14(20)16-9(2)10-7-4-5-8-11(10)15/h4-5,7-9H,3,6H2,1-2H3,(H,16,20)(H,17,18,19). The highest BCUT2D eigenvalue weighted by atomic mass is 19.1. The first-order valence-electron chi connectivity index (χ1n) is 6.58. The molecule has 1 amide bonds. The number of hydrogen-bond donors (Lipinski definition) is 2. The maximum atomic E-state index is 13.6. The van der Waals surface area contributed by atoms with Gasteiger partial charge >= 0.3 is 0 Å². The van der Waals surface area contributed by atoms with Crippen LogP contribution in [-0.4, -0.2) is 21.1 Å². The molecule has 1 aromatic carbocycles. The van der Waals surface area contributed by atoms with E-state index in [9.17, 15) is 9.18 Å². The van der Waals surface area contributed by atoms with Crippen molar-refractivity contribution in [1.29, 1.82) is 0 Å². The molecule has 1 unspecified atom stereocenters. The number of carbonyl (C=O) groups is 1. The van der Waals surface area contributed by atoms with Gasteiger partial charge in [0.25, 0.3) is 5.91 Å². The molecule has 2 N–H and O–H groups in total. The van der Waals surface area contributed by atoms with Gasteiger partial charge in [-0.25, -0.2) is 9.37 Å². The zero-order chi connectivity index (χ0) is 14.5. The lowest BCUT2D eigenvalue weighted by molar-refractivity contribution is 0.0929. The smallest absolute Gasteiger partial charge is 0.291 e. The van der Waals surface area contributed by atoms with E-state index in [1.807, 2.05) is 6.92 Å². The van der Waals surface area contributed by atoms with Crippen molar-refractivity contribution in [1.82, 2.24) is 20.5 Å². The topological polar surface area (TPSA) is 70.7 Å². The molecular weight excluding hydrogens is 259 g/mol. The molecule has 1 heterocycles. The molecule has 5 nitrogen and oxygen atoms in total. The molecule has 0 spiro atoms. The molecule has 2 rings (SSSR count). The van der Waals surface area contributed by atoms with E-state index in [-0.39, 0.29) is 11.6 Å². The molecule has 0 radical (unpaired) electrons. The Kier molecular flexibility index (Phi) is 4.45. The van der Waals surface area contributed by atoms with Crippen LogP contribution in [0.1, 0.15) is 48.3 Å². The molecule has 20 heavy (non-hydrogen) atoms. The van der Waals surface area contributed by atoms with Gasteiger partial charge in [0.2, 0.25) is 5.82 Å². The molecule has 1 aromatic heterocycles. The van der Waals surface area contributed by atoms with E-state index in [0.29, 0.717) is 11.4 Å². The second-order valence-electron chi connectivity index (χ2n) is 4.57. The van der Waals surface area contributed by atoms with Gasteiger partial charge in [-0.1, -0.05) is 25.1 Å². The minimum absolute atomic E-state index is 0.0802. The minimum atomic E-state index is -0.447. The third kappa shape index (κ3) is 3.20. The summed E-state index contributed by atoms with van der Waals surface area (Å²) in [6, 6.07) is 5.90. The molecule has 0 aliphatic rings. The van der Waals surface area contributed by atoms with Crippen LogP contribution < -0.4 is 5.32 Å². The van der Waals surface area contributed by atoms with Crippen LogP contribution in [0.5, 0.6) is 0 Å². The Bertz CT molecular complexity index is 596. The number of aromatic amines is 1. The van der Waals surface area contributed by atoms with Crippen LogP contribution in [0, 0.1) is 5.82 Å². The van der Waals surface area contributed by atoms with Crippen molar-refractivity contribution in [2.24, 2.45) is 0 Å². The number of benzene rings is 1. The second-order valence-corrected chi connectivity index (χ2v) is 4.57. The highest BCUT2D eigenvalue weighted by Crippen LogP contribution is 2.16. The van der Waals surface area contributed by atoms with Gasteiger partial charge in [-0.3, -0.25) is 9.89 Å². The first kappa shape index (κ1) is 14.2. The summed E-state index contributed by atoms with van der Waals surface area (Å²) in [5.74, 6) is -0.00542. The number of H-pyrrole nitrogens is 1. The van der Waals surface area contributed by atoms with Gasteiger partial charge in [0.05, 0.1) is 6.04 Å². The maximum Gasteiger partial charge on any atom is 0.291 e. The predicted octanol–water partition coefficient (Wildman–Crippen LogP) is 2.39. The van der Waals surface area contributed by atoms with Crippen molar-refractivity contribution in [3.63, 3.8) is 0 Å². The lowest BCUT2D eigenvalue weighted by atomic mass is 10.1. The van der Waals surface area contributed by atoms with Crippen LogP contribution in [0.3, 0.4) is 0 Å². The first-order valence-corrected chi connectivity index (χ1v) is 6.58. The van der Waals surface area contributed by atoms with Gasteiger partial charge in [0, 0.05) is 12.0 Å². The Hall–Kier alpha value is -2.24. The number of aromatic nitrogens is 3. The summed E-state index contributed by atoms with van der Waals surface area (Å²) in [6.07, 6.45) is 1.66.